The Morgan fingerprint density at radius 3 is 1.06 bits per heavy atom. The molecule has 0 N–H and O–H groups in total. The molecular weight excluding hydrogens is 462 g/mol. The fourth-order valence-electron chi connectivity index (χ4n) is 4.72. The van der Waals surface area contributed by atoms with Crippen molar-refractivity contribution in [3.8, 4) is 0 Å². The standard InChI is InChI=1S/C30H40P.2ClH/c1-2-3-4-5-6-7-8-9-10-20-27-31(28-21-14-11-15-22-28,29-23-16-12-17-24-29)30-25-18-13-19-26-30;;/h11-19,21-26H,2-10,20,27H2,1H3;2*1H/q+1;;. The summed E-state index contributed by atoms with van der Waals surface area (Å²) in [6, 6.07) is 33.9. The smallest absolute Gasteiger partial charge is 0.112 e. The first-order valence-electron chi connectivity index (χ1n) is 12.4. The SMILES string of the molecule is CCCCCCCCCCCC[P+](c1ccccc1)(c1ccccc1)c1ccccc1.Cl.Cl. The molecule has 3 aromatic carbocycles. The van der Waals surface area contributed by atoms with Gasteiger partial charge in [0.1, 0.15) is 23.2 Å². The van der Waals surface area contributed by atoms with Crippen LogP contribution in [0.3, 0.4) is 0 Å². The van der Waals surface area contributed by atoms with Crippen LogP contribution in [0, 0.1) is 0 Å². The van der Waals surface area contributed by atoms with Crippen molar-refractivity contribution in [1.29, 1.82) is 0 Å². The van der Waals surface area contributed by atoms with Crippen LogP contribution >= 0.6 is 32.1 Å². The average molecular weight is 505 g/mol. The Balaban J connectivity index is 0.00000272. The third-order valence-corrected chi connectivity index (χ3v) is 11.0. The third kappa shape index (κ3) is 8.75. The summed E-state index contributed by atoms with van der Waals surface area (Å²) in [7, 11) is -1.63. The van der Waals surface area contributed by atoms with Gasteiger partial charge in [0, 0.05) is 0 Å². The van der Waals surface area contributed by atoms with Gasteiger partial charge in [-0.2, -0.15) is 0 Å². The van der Waals surface area contributed by atoms with Crippen LogP contribution in [0.5, 0.6) is 0 Å². The zero-order valence-corrected chi connectivity index (χ0v) is 22.7. The first-order valence-corrected chi connectivity index (χ1v) is 14.4. The van der Waals surface area contributed by atoms with E-state index in [1.165, 1.54) is 86.3 Å². The Morgan fingerprint density at radius 1 is 0.424 bits per heavy atom. The van der Waals surface area contributed by atoms with Gasteiger partial charge < -0.3 is 0 Å². The first-order chi connectivity index (χ1) is 15.4. The van der Waals surface area contributed by atoms with Gasteiger partial charge in [-0.05, 0) is 49.2 Å². The lowest BCUT2D eigenvalue weighted by Crippen LogP contribution is -2.33. The molecule has 0 saturated carbocycles. The molecular formula is C30H42Cl2P+. The monoisotopic (exact) mass is 503 g/mol. The molecule has 180 valence electrons. The summed E-state index contributed by atoms with van der Waals surface area (Å²) in [5.41, 5.74) is 0. The quantitative estimate of drug-likeness (QED) is 0.152. The molecule has 3 rings (SSSR count). The summed E-state index contributed by atoms with van der Waals surface area (Å²) in [4.78, 5) is 0. The predicted molar refractivity (Wildman–Crippen MR) is 156 cm³/mol. The van der Waals surface area contributed by atoms with Crippen LogP contribution in [0.2, 0.25) is 0 Å². The summed E-state index contributed by atoms with van der Waals surface area (Å²) >= 11 is 0. The fourth-order valence-corrected chi connectivity index (χ4v) is 9.13. The molecule has 0 aliphatic heterocycles. The normalized spacial score (nSPS) is 10.8. The minimum Gasteiger partial charge on any atom is -0.147 e. The van der Waals surface area contributed by atoms with Crippen molar-refractivity contribution in [2.75, 3.05) is 6.16 Å². The largest absolute Gasteiger partial charge is 0.147 e. The molecule has 3 heteroatoms. The zero-order chi connectivity index (χ0) is 21.6. The van der Waals surface area contributed by atoms with Crippen LogP contribution in [0.15, 0.2) is 91.0 Å². The fraction of sp³-hybridized carbons (Fsp3) is 0.400. The lowest BCUT2D eigenvalue weighted by Gasteiger charge is -2.27. The number of rotatable bonds is 14. The highest BCUT2D eigenvalue weighted by atomic mass is 35.5. The van der Waals surface area contributed by atoms with Crippen LogP contribution in [-0.4, -0.2) is 6.16 Å². The minimum absolute atomic E-state index is 0. The van der Waals surface area contributed by atoms with Crippen molar-refractivity contribution in [2.24, 2.45) is 0 Å². The maximum absolute atomic E-state index is 2.37. The van der Waals surface area contributed by atoms with Gasteiger partial charge in [0.25, 0.3) is 0 Å². The number of benzene rings is 3. The molecule has 0 unspecified atom stereocenters. The van der Waals surface area contributed by atoms with Crippen LogP contribution < -0.4 is 15.9 Å². The summed E-state index contributed by atoms with van der Waals surface area (Å²) in [6.45, 7) is 2.29. The highest BCUT2D eigenvalue weighted by Gasteiger charge is 2.44. The Kier molecular flexibility index (Phi) is 15.4. The molecule has 0 aliphatic carbocycles. The van der Waals surface area contributed by atoms with Crippen molar-refractivity contribution in [1.82, 2.24) is 0 Å². The van der Waals surface area contributed by atoms with Crippen molar-refractivity contribution >= 4 is 48.0 Å². The second kappa shape index (κ2) is 17.2. The molecule has 0 aliphatic rings. The van der Waals surface area contributed by atoms with Crippen LogP contribution in [0.1, 0.15) is 71.1 Å². The van der Waals surface area contributed by atoms with Crippen molar-refractivity contribution in [3.63, 3.8) is 0 Å². The maximum Gasteiger partial charge on any atom is 0.112 e. The van der Waals surface area contributed by atoms with E-state index in [1.807, 2.05) is 0 Å². The van der Waals surface area contributed by atoms with E-state index in [-0.39, 0.29) is 24.8 Å². The van der Waals surface area contributed by atoms with E-state index < -0.39 is 7.26 Å². The van der Waals surface area contributed by atoms with Gasteiger partial charge >= 0.3 is 0 Å². The van der Waals surface area contributed by atoms with Crippen LogP contribution in [-0.2, 0) is 0 Å². The van der Waals surface area contributed by atoms with E-state index in [0.29, 0.717) is 0 Å². The van der Waals surface area contributed by atoms with Gasteiger partial charge in [0.15, 0.2) is 0 Å². The molecule has 0 spiro atoms. The summed E-state index contributed by atoms with van der Waals surface area (Å²) in [5.74, 6) is 0. The topological polar surface area (TPSA) is 0 Å². The Labute approximate surface area is 215 Å². The number of halogens is 2. The van der Waals surface area contributed by atoms with Gasteiger partial charge in [-0.3, -0.25) is 0 Å². The van der Waals surface area contributed by atoms with Crippen molar-refractivity contribution in [2.45, 2.75) is 71.1 Å². The summed E-state index contributed by atoms with van der Waals surface area (Å²) in [5, 5.41) is 4.55. The van der Waals surface area contributed by atoms with Crippen LogP contribution in [0.4, 0.5) is 0 Å². The Hall–Kier alpha value is -1.33. The van der Waals surface area contributed by atoms with Gasteiger partial charge in [0.05, 0.1) is 6.16 Å². The van der Waals surface area contributed by atoms with E-state index in [1.54, 1.807) is 0 Å². The first kappa shape index (κ1) is 29.7. The number of hydrogen-bond acceptors (Lipinski definition) is 0. The predicted octanol–water partition coefficient (Wildman–Crippen LogP) is 8.75. The molecule has 0 atom stereocenters. The molecule has 0 amide bonds. The molecule has 0 radical (unpaired) electrons. The molecule has 0 fully saturated rings. The molecule has 0 saturated heterocycles. The average Bonchev–Trinajstić information content (AvgIpc) is 2.84. The van der Waals surface area contributed by atoms with Gasteiger partial charge in [0.2, 0.25) is 0 Å². The van der Waals surface area contributed by atoms with E-state index in [0.717, 1.165) is 0 Å². The van der Waals surface area contributed by atoms with Gasteiger partial charge in [-0.1, -0.05) is 113 Å². The molecule has 0 bridgehead atoms. The molecule has 33 heavy (non-hydrogen) atoms. The highest BCUT2D eigenvalue weighted by molar-refractivity contribution is 7.95. The molecule has 0 nitrogen and oxygen atoms in total. The minimum atomic E-state index is -1.63. The molecule has 3 aromatic rings. The highest BCUT2D eigenvalue weighted by Crippen LogP contribution is 2.55. The third-order valence-electron chi connectivity index (χ3n) is 6.44. The van der Waals surface area contributed by atoms with Gasteiger partial charge in [-0.25, -0.2) is 0 Å². The molecule has 0 aromatic heterocycles. The van der Waals surface area contributed by atoms with E-state index in [9.17, 15) is 0 Å². The summed E-state index contributed by atoms with van der Waals surface area (Å²) < 4.78 is 0. The zero-order valence-electron chi connectivity index (χ0n) is 20.2. The van der Waals surface area contributed by atoms with Crippen molar-refractivity contribution in [3.05, 3.63) is 91.0 Å². The Bertz CT molecular complexity index is 740. The molecule has 0 heterocycles. The van der Waals surface area contributed by atoms with E-state index >= 15 is 0 Å². The van der Waals surface area contributed by atoms with Crippen LogP contribution in [0.25, 0.3) is 0 Å². The van der Waals surface area contributed by atoms with E-state index in [4.69, 9.17) is 0 Å². The Morgan fingerprint density at radius 2 is 0.727 bits per heavy atom. The number of hydrogen-bond donors (Lipinski definition) is 0. The van der Waals surface area contributed by atoms with E-state index in [2.05, 4.69) is 97.9 Å². The lowest BCUT2D eigenvalue weighted by molar-refractivity contribution is 0.563. The van der Waals surface area contributed by atoms with Gasteiger partial charge in [-0.15, -0.1) is 24.8 Å². The second-order valence-electron chi connectivity index (χ2n) is 8.72. The second-order valence-corrected chi connectivity index (χ2v) is 12.3. The van der Waals surface area contributed by atoms with Crippen molar-refractivity contribution < 1.29 is 0 Å². The maximum atomic E-state index is 2.37. The summed E-state index contributed by atoms with van der Waals surface area (Å²) in [6.07, 6.45) is 15.2. The number of unbranched alkanes of at least 4 members (excludes halogenated alkanes) is 9. The lowest BCUT2D eigenvalue weighted by atomic mass is 10.1.